The quantitative estimate of drug-likeness (QED) is 0.693. The van der Waals surface area contributed by atoms with Gasteiger partial charge in [-0.15, -0.1) is 0 Å². The number of hydrogen-bond donors (Lipinski definition) is 1. The van der Waals surface area contributed by atoms with Crippen LogP contribution in [-0.2, 0) is 9.47 Å². The van der Waals surface area contributed by atoms with Gasteiger partial charge in [-0.1, -0.05) is 13.8 Å². The van der Waals surface area contributed by atoms with Crippen molar-refractivity contribution in [2.75, 3.05) is 19.8 Å². The van der Waals surface area contributed by atoms with Crippen molar-refractivity contribution in [2.24, 2.45) is 0 Å². The van der Waals surface area contributed by atoms with Crippen LogP contribution in [0.25, 0.3) is 0 Å². The summed E-state index contributed by atoms with van der Waals surface area (Å²) in [5, 5.41) is 3.53. The summed E-state index contributed by atoms with van der Waals surface area (Å²) in [6.07, 6.45) is 5.26. The normalized spacial score (nSPS) is 24.6. The Labute approximate surface area is 99.9 Å². The van der Waals surface area contributed by atoms with Gasteiger partial charge >= 0.3 is 0 Å². The maximum Gasteiger partial charge on any atom is 0.0809 e. The predicted octanol–water partition coefficient (Wildman–Crippen LogP) is 2.35. The first-order chi connectivity index (χ1) is 7.77. The number of ether oxygens (including phenoxy) is 2. The maximum atomic E-state index is 5.89. The van der Waals surface area contributed by atoms with E-state index in [0.717, 1.165) is 32.6 Å². The second kappa shape index (κ2) is 8.04. The fraction of sp³-hybridized carbons (Fsp3) is 1.00. The van der Waals surface area contributed by atoms with E-state index in [9.17, 15) is 0 Å². The molecule has 0 aliphatic carbocycles. The molecule has 0 aromatic rings. The molecule has 3 heteroatoms. The van der Waals surface area contributed by atoms with Crippen molar-refractivity contribution >= 4 is 0 Å². The molecule has 0 aromatic carbocycles. The summed E-state index contributed by atoms with van der Waals surface area (Å²) in [7, 11) is 0. The van der Waals surface area contributed by atoms with Crippen molar-refractivity contribution in [2.45, 2.75) is 64.7 Å². The molecule has 0 spiro atoms. The monoisotopic (exact) mass is 229 g/mol. The molecule has 0 aromatic heterocycles. The Hall–Kier alpha value is -0.120. The summed E-state index contributed by atoms with van der Waals surface area (Å²) >= 11 is 0. The zero-order valence-electron chi connectivity index (χ0n) is 11.0. The minimum absolute atomic E-state index is 0.278. The van der Waals surface area contributed by atoms with Gasteiger partial charge in [0.1, 0.15) is 0 Å². The van der Waals surface area contributed by atoms with Gasteiger partial charge in [-0.3, -0.25) is 0 Å². The molecule has 0 saturated carbocycles. The van der Waals surface area contributed by atoms with Crippen molar-refractivity contribution in [3.63, 3.8) is 0 Å². The molecule has 1 saturated heterocycles. The van der Waals surface area contributed by atoms with Gasteiger partial charge < -0.3 is 14.8 Å². The van der Waals surface area contributed by atoms with Gasteiger partial charge in [-0.05, 0) is 39.2 Å². The van der Waals surface area contributed by atoms with Crippen molar-refractivity contribution in [1.82, 2.24) is 5.32 Å². The summed E-state index contributed by atoms with van der Waals surface area (Å²) in [6.45, 7) is 9.30. The Balaban J connectivity index is 2.17. The SMILES string of the molecule is CCCNC(CC)C(C)OCC1CCCO1. The van der Waals surface area contributed by atoms with Crippen LogP contribution in [0.15, 0.2) is 0 Å². The van der Waals surface area contributed by atoms with Crippen molar-refractivity contribution < 1.29 is 9.47 Å². The van der Waals surface area contributed by atoms with E-state index in [2.05, 4.69) is 26.1 Å². The maximum absolute atomic E-state index is 5.89. The lowest BCUT2D eigenvalue weighted by molar-refractivity contribution is -0.0269. The summed E-state index contributed by atoms with van der Waals surface area (Å²) in [4.78, 5) is 0. The van der Waals surface area contributed by atoms with Gasteiger partial charge in [-0.25, -0.2) is 0 Å². The summed E-state index contributed by atoms with van der Waals surface area (Å²) in [5.74, 6) is 0. The van der Waals surface area contributed by atoms with E-state index in [-0.39, 0.29) is 6.10 Å². The Kier molecular flexibility index (Phi) is 7.01. The third kappa shape index (κ3) is 4.81. The molecule has 3 atom stereocenters. The first kappa shape index (κ1) is 13.9. The third-order valence-corrected chi connectivity index (χ3v) is 3.23. The van der Waals surface area contributed by atoms with Crippen LogP contribution in [0.5, 0.6) is 0 Å². The molecular weight excluding hydrogens is 202 g/mol. The molecule has 96 valence electrons. The molecule has 0 amide bonds. The van der Waals surface area contributed by atoms with Gasteiger partial charge in [0.15, 0.2) is 0 Å². The van der Waals surface area contributed by atoms with Crippen LogP contribution in [0.2, 0.25) is 0 Å². The van der Waals surface area contributed by atoms with Gasteiger partial charge in [0.2, 0.25) is 0 Å². The highest BCUT2D eigenvalue weighted by Gasteiger charge is 2.20. The Morgan fingerprint density at radius 1 is 1.44 bits per heavy atom. The molecule has 1 fully saturated rings. The van der Waals surface area contributed by atoms with Crippen LogP contribution in [0.3, 0.4) is 0 Å². The van der Waals surface area contributed by atoms with E-state index >= 15 is 0 Å². The Morgan fingerprint density at radius 3 is 2.81 bits per heavy atom. The molecule has 1 aliphatic heterocycles. The lowest BCUT2D eigenvalue weighted by Gasteiger charge is -2.25. The average molecular weight is 229 g/mol. The summed E-state index contributed by atoms with van der Waals surface area (Å²) in [5.41, 5.74) is 0. The zero-order valence-corrected chi connectivity index (χ0v) is 11.0. The minimum atomic E-state index is 0.278. The van der Waals surface area contributed by atoms with Gasteiger partial charge in [0.25, 0.3) is 0 Å². The Morgan fingerprint density at radius 2 is 2.25 bits per heavy atom. The van der Waals surface area contributed by atoms with Gasteiger partial charge in [0, 0.05) is 12.6 Å². The van der Waals surface area contributed by atoms with Crippen LogP contribution in [0.1, 0.15) is 46.5 Å². The highest BCUT2D eigenvalue weighted by molar-refractivity contribution is 4.73. The van der Waals surface area contributed by atoms with Crippen molar-refractivity contribution in [1.29, 1.82) is 0 Å². The third-order valence-electron chi connectivity index (χ3n) is 3.23. The lowest BCUT2D eigenvalue weighted by atomic mass is 10.1. The van der Waals surface area contributed by atoms with Gasteiger partial charge in [0.05, 0.1) is 18.8 Å². The number of hydrogen-bond acceptors (Lipinski definition) is 3. The van der Waals surface area contributed by atoms with Crippen LogP contribution in [0, 0.1) is 0 Å². The highest BCUT2D eigenvalue weighted by Crippen LogP contribution is 2.14. The molecule has 3 unspecified atom stereocenters. The fourth-order valence-electron chi connectivity index (χ4n) is 2.12. The molecule has 1 aliphatic rings. The van der Waals surface area contributed by atoms with Crippen LogP contribution < -0.4 is 5.32 Å². The van der Waals surface area contributed by atoms with Crippen LogP contribution in [0.4, 0.5) is 0 Å². The Bertz CT molecular complexity index is 169. The second-order valence-electron chi connectivity index (χ2n) is 4.64. The smallest absolute Gasteiger partial charge is 0.0809 e. The van der Waals surface area contributed by atoms with Crippen molar-refractivity contribution in [3.05, 3.63) is 0 Å². The molecule has 3 nitrogen and oxygen atoms in total. The predicted molar refractivity (Wildman–Crippen MR) is 66.8 cm³/mol. The molecule has 1 heterocycles. The van der Waals surface area contributed by atoms with E-state index in [1.54, 1.807) is 0 Å². The molecule has 16 heavy (non-hydrogen) atoms. The fourth-order valence-corrected chi connectivity index (χ4v) is 2.12. The summed E-state index contributed by atoms with van der Waals surface area (Å²) < 4.78 is 11.4. The van der Waals surface area contributed by atoms with Crippen LogP contribution >= 0.6 is 0 Å². The van der Waals surface area contributed by atoms with E-state index < -0.39 is 0 Å². The molecule has 0 radical (unpaired) electrons. The molecule has 1 N–H and O–H groups in total. The topological polar surface area (TPSA) is 30.5 Å². The van der Waals surface area contributed by atoms with Crippen LogP contribution in [-0.4, -0.2) is 38.0 Å². The molecule has 0 bridgehead atoms. The molecule has 1 rings (SSSR count). The second-order valence-corrected chi connectivity index (χ2v) is 4.64. The number of rotatable bonds is 8. The zero-order chi connectivity index (χ0) is 11.8. The van der Waals surface area contributed by atoms with E-state index in [4.69, 9.17) is 9.47 Å². The first-order valence-corrected chi connectivity index (χ1v) is 6.74. The highest BCUT2D eigenvalue weighted by atomic mass is 16.5. The van der Waals surface area contributed by atoms with E-state index in [0.29, 0.717) is 12.1 Å². The number of nitrogens with one attached hydrogen (secondary N) is 1. The van der Waals surface area contributed by atoms with E-state index in [1.807, 2.05) is 0 Å². The molecular formula is C13H27NO2. The van der Waals surface area contributed by atoms with E-state index in [1.165, 1.54) is 12.8 Å². The lowest BCUT2D eigenvalue weighted by Crippen LogP contribution is -2.40. The standard InChI is InChI=1S/C13H27NO2/c1-4-8-14-13(5-2)11(3)16-10-12-7-6-9-15-12/h11-14H,4-10H2,1-3H3. The average Bonchev–Trinajstić information content (AvgIpc) is 2.80. The first-order valence-electron chi connectivity index (χ1n) is 6.74. The largest absolute Gasteiger partial charge is 0.376 e. The van der Waals surface area contributed by atoms with Gasteiger partial charge in [-0.2, -0.15) is 0 Å². The summed E-state index contributed by atoms with van der Waals surface area (Å²) in [6, 6.07) is 0.473. The van der Waals surface area contributed by atoms with Crippen molar-refractivity contribution in [3.8, 4) is 0 Å². The minimum Gasteiger partial charge on any atom is -0.376 e.